The van der Waals surface area contributed by atoms with Crippen LogP contribution in [0, 0.1) is 0 Å². The number of carbonyl (C=O) groups excluding carboxylic acids is 1. The van der Waals surface area contributed by atoms with Crippen LogP contribution in [0.4, 0.5) is 17.5 Å². The number of nitrogens with zero attached hydrogens (tertiary/aromatic N) is 4. The van der Waals surface area contributed by atoms with Crippen molar-refractivity contribution in [3.63, 3.8) is 0 Å². The number of anilines is 3. The third-order valence-corrected chi connectivity index (χ3v) is 8.53. The van der Waals surface area contributed by atoms with Crippen molar-refractivity contribution < 1.29 is 14.6 Å². The summed E-state index contributed by atoms with van der Waals surface area (Å²) in [6, 6.07) is 9.24. The molecule has 4 N–H and O–H groups in total. The van der Waals surface area contributed by atoms with Crippen molar-refractivity contribution in [1.29, 1.82) is 0 Å². The Hall–Kier alpha value is -2.95. The molecular formula is C31H47N7O3. The second-order valence-corrected chi connectivity index (χ2v) is 11.7. The van der Waals surface area contributed by atoms with Crippen LogP contribution in [-0.4, -0.2) is 90.0 Å². The monoisotopic (exact) mass is 565 g/mol. The molecule has 5 rings (SSSR count). The number of hydrogen-bond acceptors (Lipinski definition) is 9. The molecular weight excluding hydrogens is 518 g/mol. The average molecular weight is 566 g/mol. The second-order valence-electron chi connectivity index (χ2n) is 11.7. The fourth-order valence-electron chi connectivity index (χ4n) is 5.92. The van der Waals surface area contributed by atoms with Crippen molar-refractivity contribution in [2.24, 2.45) is 0 Å². The minimum Gasteiger partial charge on any atom is -0.393 e. The second kappa shape index (κ2) is 14.8. The highest BCUT2D eigenvalue weighted by molar-refractivity contribution is 5.98. The van der Waals surface area contributed by atoms with Gasteiger partial charge in [-0.1, -0.05) is 25.5 Å². The van der Waals surface area contributed by atoms with Crippen LogP contribution in [0.5, 0.6) is 0 Å². The zero-order chi connectivity index (χ0) is 28.4. The van der Waals surface area contributed by atoms with Gasteiger partial charge in [0.2, 0.25) is 5.95 Å². The van der Waals surface area contributed by atoms with E-state index in [1.165, 1.54) is 11.3 Å². The predicted molar refractivity (Wildman–Crippen MR) is 163 cm³/mol. The van der Waals surface area contributed by atoms with Crippen LogP contribution in [-0.2, 0) is 11.3 Å². The van der Waals surface area contributed by atoms with Crippen LogP contribution >= 0.6 is 0 Å². The molecule has 2 aromatic rings. The lowest BCUT2D eigenvalue weighted by molar-refractivity contribution is 0.0908. The van der Waals surface area contributed by atoms with Gasteiger partial charge in [0.25, 0.3) is 5.91 Å². The van der Waals surface area contributed by atoms with Gasteiger partial charge < -0.3 is 30.7 Å². The Bertz CT molecular complexity index is 1090. The van der Waals surface area contributed by atoms with Crippen molar-refractivity contribution >= 4 is 23.4 Å². The van der Waals surface area contributed by atoms with Crippen LogP contribution in [0.3, 0.4) is 0 Å². The van der Waals surface area contributed by atoms with E-state index in [9.17, 15) is 9.90 Å². The molecule has 3 fully saturated rings. The van der Waals surface area contributed by atoms with Crippen molar-refractivity contribution in [3.05, 3.63) is 41.6 Å². The normalized spacial score (nSPS) is 22.3. The van der Waals surface area contributed by atoms with Crippen LogP contribution in [0.15, 0.2) is 30.5 Å². The Morgan fingerprint density at radius 3 is 2.44 bits per heavy atom. The lowest BCUT2D eigenvalue weighted by Gasteiger charge is -2.33. The molecule has 10 heteroatoms. The Morgan fingerprint density at radius 1 is 1.00 bits per heavy atom. The predicted octanol–water partition coefficient (Wildman–Crippen LogP) is 3.64. The molecule has 1 saturated carbocycles. The zero-order valence-electron chi connectivity index (χ0n) is 24.5. The van der Waals surface area contributed by atoms with E-state index < -0.39 is 0 Å². The smallest absolute Gasteiger partial charge is 0.256 e. The quantitative estimate of drug-likeness (QED) is 0.303. The molecule has 0 bridgehead atoms. The number of unbranched alkanes of at least 4 members (excludes halogenated alkanes) is 1. The van der Waals surface area contributed by atoms with Gasteiger partial charge in [0.1, 0.15) is 11.4 Å². The number of aliphatic hydroxyl groups is 1. The van der Waals surface area contributed by atoms with Crippen molar-refractivity contribution in [2.75, 3.05) is 61.5 Å². The van der Waals surface area contributed by atoms with E-state index >= 15 is 0 Å². The number of piperidine rings is 1. The molecule has 41 heavy (non-hydrogen) atoms. The summed E-state index contributed by atoms with van der Waals surface area (Å²) in [7, 11) is 0. The van der Waals surface area contributed by atoms with Crippen molar-refractivity contribution in [2.45, 2.75) is 83.0 Å². The van der Waals surface area contributed by atoms with E-state index in [0.29, 0.717) is 17.3 Å². The largest absolute Gasteiger partial charge is 0.393 e. The minimum absolute atomic E-state index is 0.124. The summed E-state index contributed by atoms with van der Waals surface area (Å²) in [5, 5.41) is 19.9. The molecule has 0 radical (unpaired) electrons. The zero-order valence-corrected chi connectivity index (χ0v) is 24.5. The first-order valence-corrected chi connectivity index (χ1v) is 15.6. The van der Waals surface area contributed by atoms with Crippen molar-refractivity contribution in [1.82, 2.24) is 20.2 Å². The van der Waals surface area contributed by atoms with Crippen LogP contribution < -0.4 is 20.9 Å². The summed E-state index contributed by atoms with van der Waals surface area (Å²) < 4.78 is 5.47. The Morgan fingerprint density at radius 2 is 1.73 bits per heavy atom. The van der Waals surface area contributed by atoms with Gasteiger partial charge in [-0.05, 0) is 62.6 Å². The number of benzene rings is 1. The van der Waals surface area contributed by atoms with Crippen LogP contribution in [0.1, 0.15) is 74.2 Å². The fourth-order valence-corrected chi connectivity index (χ4v) is 5.92. The first kappa shape index (κ1) is 29.5. The SMILES string of the molecule is CCCCNc1ncc(C(=O)NC2CCN(Cc3ccc(N4CCOCC4)cc3)CC2)c(NC2CCC(O)CC2)n1. The van der Waals surface area contributed by atoms with Gasteiger partial charge in [0.05, 0.1) is 19.3 Å². The summed E-state index contributed by atoms with van der Waals surface area (Å²) in [6.07, 6.45) is 8.62. The molecule has 2 saturated heterocycles. The molecule has 3 heterocycles. The number of hydrogen-bond donors (Lipinski definition) is 4. The molecule has 0 atom stereocenters. The number of rotatable bonds is 11. The molecule has 1 aromatic carbocycles. The summed E-state index contributed by atoms with van der Waals surface area (Å²) >= 11 is 0. The number of amides is 1. The van der Waals surface area contributed by atoms with Crippen molar-refractivity contribution in [3.8, 4) is 0 Å². The first-order valence-electron chi connectivity index (χ1n) is 15.6. The first-order chi connectivity index (χ1) is 20.1. The van der Waals surface area contributed by atoms with Gasteiger partial charge in [-0.15, -0.1) is 0 Å². The Labute approximate surface area is 244 Å². The minimum atomic E-state index is -0.229. The fraction of sp³-hybridized carbons (Fsp3) is 0.645. The van der Waals surface area contributed by atoms with E-state index in [1.54, 1.807) is 6.20 Å². The van der Waals surface area contributed by atoms with Gasteiger partial charge in [-0.3, -0.25) is 9.69 Å². The summed E-state index contributed by atoms with van der Waals surface area (Å²) in [6.45, 7) is 9.26. The lowest BCUT2D eigenvalue weighted by atomic mass is 9.93. The van der Waals surface area contributed by atoms with E-state index in [2.05, 4.69) is 61.9 Å². The third kappa shape index (κ3) is 8.53. The summed E-state index contributed by atoms with van der Waals surface area (Å²) in [4.78, 5) is 27.4. The maximum atomic E-state index is 13.4. The van der Waals surface area contributed by atoms with Crippen LogP contribution in [0.25, 0.3) is 0 Å². The maximum absolute atomic E-state index is 13.4. The number of ether oxygens (including phenoxy) is 1. The highest BCUT2D eigenvalue weighted by atomic mass is 16.5. The molecule has 0 unspecified atom stereocenters. The lowest BCUT2D eigenvalue weighted by Crippen LogP contribution is -2.44. The summed E-state index contributed by atoms with van der Waals surface area (Å²) in [5.74, 6) is 0.996. The molecule has 10 nitrogen and oxygen atoms in total. The van der Waals surface area contributed by atoms with E-state index in [-0.39, 0.29) is 24.1 Å². The van der Waals surface area contributed by atoms with Gasteiger partial charge in [0, 0.05) is 63.2 Å². The molecule has 224 valence electrons. The maximum Gasteiger partial charge on any atom is 0.256 e. The van der Waals surface area contributed by atoms with E-state index in [4.69, 9.17) is 9.72 Å². The number of likely N-dealkylation sites (tertiary alicyclic amines) is 1. The van der Waals surface area contributed by atoms with Gasteiger partial charge >= 0.3 is 0 Å². The number of carbonyl (C=O) groups is 1. The van der Waals surface area contributed by atoms with Crippen LogP contribution in [0.2, 0.25) is 0 Å². The number of nitrogens with one attached hydrogen (secondary N) is 3. The molecule has 3 aliphatic rings. The summed E-state index contributed by atoms with van der Waals surface area (Å²) in [5.41, 5.74) is 3.07. The molecule has 1 aromatic heterocycles. The highest BCUT2D eigenvalue weighted by Crippen LogP contribution is 2.25. The number of aromatic nitrogens is 2. The average Bonchev–Trinajstić information content (AvgIpc) is 3.00. The Balaban J connectivity index is 1.14. The molecule has 2 aliphatic heterocycles. The molecule has 0 spiro atoms. The standard InChI is InChI=1S/C31H47N7O3/c1-2-3-14-32-31-33-21-28(29(36-31)34-24-6-10-27(39)11-7-24)30(40)35-25-12-15-37(16-13-25)22-23-4-8-26(9-5-23)38-17-19-41-20-18-38/h4-5,8-9,21,24-25,27,39H,2-3,6-7,10-20,22H2,1H3,(H,35,40)(H2,32,33,34,36). The van der Waals surface area contributed by atoms with Gasteiger partial charge in [-0.25, -0.2) is 4.98 Å². The highest BCUT2D eigenvalue weighted by Gasteiger charge is 2.26. The topological polar surface area (TPSA) is 115 Å². The van der Waals surface area contributed by atoms with E-state index in [1.807, 2.05) is 0 Å². The van der Waals surface area contributed by atoms with Gasteiger partial charge in [0.15, 0.2) is 0 Å². The Kier molecular flexibility index (Phi) is 10.7. The third-order valence-electron chi connectivity index (χ3n) is 8.53. The number of morpholine rings is 1. The number of aliphatic hydroxyl groups excluding tert-OH is 1. The molecule has 1 aliphatic carbocycles. The van der Waals surface area contributed by atoms with E-state index in [0.717, 1.165) is 104 Å². The molecule has 1 amide bonds. The van der Waals surface area contributed by atoms with Gasteiger partial charge in [-0.2, -0.15) is 4.98 Å².